The van der Waals surface area contributed by atoms with Crippen LogP contribution in [-0.2, 0) is 32.8 Å². The monoisotopic (exact) mass is 343 g/mol. The molecule has 0 aliphatic rings. The van der Waals surface area contributed by atoms with E-state index in [1.54, 1.807) is 0 Å². The first-order valence-corrected chi connectivity index (χ1v) is 2.10. The molecule has 0 aliphatic carbocycles. The van der Waals surface area contributed by atoms with Crippen LogP contribution in [0.4, 0.5) is 0 Å². The fourth-order valence-corrected chi connectivity index (χ4v) is 0. The summed E-state index contributed by atoms with van der Waals surface area (Å²) >= 11 is 0. The van der Waals surface area contributed by atoms with Crippen LogP contribution in [0, 0.1) is 0 Å². The van der Waals surface area contributed by atoms with Crippen molar-refractivity contribution >= 4 is 69.5 Å². The predicted octanol–water partition coefficient (Wildman–Crippen LogP) is -1.95. The molecule has 0 bridgehead atoms. The first-order valence-electron chi connectivity index (χ1n) is 0.698. The van der Waals surface area contributed by atoms with E-state index in [1.165, 1.54) is 0 Å². The molecule has 0 saturated carbocycles. The Hall–Kier alpha value is 2.61. The standard InChI is InChI=1S/Au.2Na.H2O4S.2H/c;;;1-5(2,3)4;;/h;;;(H2,1,2,3,4);;. The Labute approximate surface area is 107 Å². The first-order chi connectivity index (χ1) is 2.00. The summed E-state index contributed by atoms with van der Waals surface area (Å²) in [6.07, 6.45) is 0. The minimum absolute atomic E-state index is 0. The molecule has 0 unspecified atom stereocenters. The van der Waals surface area contributed by atoms with Gasteiger partial charge in [0.05, 0.1) is 0 Å². The summed E-state index contributed by atoms with van der Waals surface area (Å²) in [5, 5.41) is 0. The molecule has 0 amide bonds. The summed E-state index contributed by atoms with van der Waals surface area (Å²) in [4.78, 5) is 0. The van der Waals surface area contributed by atoms with E-state index in [1.807, 2.05) is 0 Å². The van der Waals surface area contributed by atoms with Gasteiger partial charge in [0, 0.05) is 22.4 Å². The van der Waals surface area contributed by atoms with Gasteiger partial charge in [-0.15, -0.1) is 0 Å². The average molecular weight is 343 g/mol. The van der Waals surface area contributed by atoms with Crippen molar-refractivity contribution in [2.75, 3.05) is 0 Å². The van der Waals surface area contributed by atoms with Crippen LogP contribution < -0.4 is 0 Å². The molecule has 8 heteroatoms. The minimum atomic E-state index is -4.67. The molecule has 1 radical (unpaired) electrons. The van der Waals surface area contributed by atoms with Gasteiger partial charge in [0.25, 0.3) is 0 Å². The van der Waals surface area contributed by atoms with Crippen molar-refractivity contribution in [3.8, 4) is 0 Å². The number of hydrogen-bond acceptors (Lipinski definition) is 2. The summed E-state index contributed by atoms with van der Waals surface area (Å²) in [7, 11) is -4.67. The van der Waals surface area contributed by atoms with Gasteiger partial charge in [-0.2, -0.15) is 8.42 Å². The van der Waals surface area contributed by atoms with Crippen molar-refractivity contribution < 1.29 is 39.9 Å². The zero-order valence-electron chi connectivity index (χ0n) is 2.42. The SMILES string of the molecule is O=S(=O)(O)O.[Au].[NaH].[NaH]. The Morgan fingerprint density at radius 1 is 1.00 bits per heavy atom. The quantitative estimate of drug-likeness (QED) is 0.396. The van der Waals surface area contributed by atoms with Crippen LogP contribution in [0.25, 0.3) is 0 Å². The second-order valence-electron chi connectivity index (χ2n) is 0.448. The Kier molecular flexibility index (Phi) is 26.9. The Morgan fingerprint density at radius 3 is 1.00 bits per heavy atom. The third kappa shape index (κ3) is 73.2. The fraction of sp³-hybridized carbons (Fsp3) is 0. The van der Waals surface area contributed by atoms with Crippen molar-refractivity contribution in [2.45, 2.75) is 0 Å². The normalized spacial score (nSPS) is 7.25. The average Bonchev–Trinajstić information content (AvgIpc) is 0.722. The van der Waals surface area contributed by atoms with Gasteiger partial charge in [0.15, 0.2) is 0 Å². The van der Waals surface area contributed by atoms with Crippen molar-refractivity contribution in [1.82, 2.24) is 0 Å². The van der Waals surface area contributed by atoms with Crippen LogP contribution in [0.15, 0.2) is 0 Å². The molecule has 0 fully saturated rings. The Bertz CT molecular complexity index is 97.2. The van der Waals surface area contributed by atoms with E-state index in [0.717, 1.165) is 0 Å². The summed E-state index contributed by atoms with van der Waals surface area (Å²) in [6, 6.07) is 0. The molecule has 0 saturated heterocycles. The Balaban J connectivity index is -0.0000000267. The van der Waals surface area contributed by atoms with E-state index in [2.05, 4.69) is 0 Å². The van der Waals surface area contributed by atoms with E-state index in [4.69, 9.17) is 17.5 Å². The van der Waals surface area contributed by atoms with E-state index >= 15 is 0 Å². The van der Waals surface area contributed by atoms with Crippen molar-refractivity contribution in [2.24, 2.45) is 0 Å². The van der Waals surface area contributed by atoms with Crippen LogP contribution in [0.5, 0.6) is 0 Å². The molecule has 0 atom stereocenters. The molecule has 0 rings (SSSR count). The zero-order chi connectivity index (χ0) is 4.50. The van der Waals surface area contributed by atoms with E-state index in [9.17, 15) is 0 Å². The van der Waals surface area contributed by atoms with Crippen LogP contribution >= 0.6 is 0 Å². The third-order valence-corrected chi connectivity index (χ3v) is 0. The molecular formula is H4AuNa2O4S. The molecule has 0 aliphatic heterocycles. The second kappa shape index (κ2) is 9.61. The molecule has 2 N–H and O–H groups in total. The third-order valence-electron chi connectivity index (χ3n) is 0. The van der Waals surface area contributed by atoms with E-state index < -0.39 is 10.4 Å². The first kappa shape index (κ1) is 22.4. The molecule has 0 spiro atoms. The fourth-order valence-electron chi connectivity index (χ4n) is 0. The predicted molar refractivity (Wildman–Crippen MR) is 28.5 cm³/mol. The summed E-state index contributed by atoms with van der Waals surface area (Å²) in [5.74, 6) is 0. The van der Waals surface area contributed by atoms with Crippen LogP contribution in [0.2, 0.25) is 0 Å². The maximum absolute atomic E-state index is 8.74. The summed E-state index contributed by atoms with van der Waals surface area (Å²) in [5.41, 5.74) is 0. The van der Waals surface area contributed by atoms with Crippen molar-refractivity contribution in [3.63, 3.8) is 0 Å². The topological polar surface area (TPSA) is 74.6 Å². The summed E-state index contributed by atoms with van der Waals surface area (Å²) < 4.78 is 31.6. The summed E-state index contributed by atoms with van der Waals surface area (Å²) in [6.45, 7) is 0. The van der Waals surface area contributed by atoms with E-state index in [0.29, 0.717) is 0 Å². The molecular weight excluding hydrogens is 339 g/mol. The maximum atomic E-state index is 8.74. The molecule has 8 heavy (non-hydrogen) atoms. The van der Waals surface area contributed by atoms with Gasteiger partial charge in [0.2, 0.25) is 0 Å². The number of rotatable bonds is 0. The molecule has 4 nitrogen and oxygen atoms in total. The number of hydrogen-bond donors (Lipinski definition) is 2. The Morgan fingerprint density at radius 2 is 1.00 bits per heavy atom. The van der Waals surface area contributed by atoms with Crippen molar-refractivity contribution in [1.29, 1.82) is 0 Å². The van der Waals surface area contributed by atoms with Crippen LogP contribution in [0.3, 0.4) is 0 Å². The zero-order valence-corrected chi connectivity index (χ0v) is 5.40. The van der Waals surface area contributed by atoms with Gasteiger partial charge in [-0.25, -0.2) is 0 Å². The second-order valence-corrected chi connectivity index (χ2v) is 1.34. The molecule has 0 heterocycles. The van der Waals surface area contributed by atoms with Gasteiger partial charge in [-0.05, 0) is 0 Å². The molecule has 0 aromatic heterocycles. The van der Waals surface area contributed by atoms with Gasteiger partial charge >= 0.3 is 69.5 Å². The molecule has 0 aromatic carbocycles. The van der Waals surface area contributed by atoms with Crippen LogP contribution in [0.1, 0.15) is 0 Å². The van der Waals surface area contributed by atoms with Gasteiger partial charge < -0.3 is 0 Å². The molecule has 47 valence electrons. The van der Waals surface area contributed by atoms with E-state index in [-0.39, 0.29) is 81.5 Å². The van der Waals surface area contributed by atoms with Gasteiger partial charge in [0.1, 0.15) is 0 Å². The van der Waals surface area contributed by atoms with Crippen LogP contribution in [-0.4, -0.2) is 76.6 Å². The van der Waals surface area contributed by atoms with Crippen molar-refractivity contribution in [3.05, 3.63) is 0 Å². The molecule has 0 aromatic rings. The van der Waals surface area contributed by atoms with Gasteiger partial charge in [-0.1, -0.05) is 0 Å². The van der Waals surface area contributed by atoms with Gasteiger partial charge in [-0.3, -0.25) is 9.11 Å².